The second-order valence-corrected chi connectivity index (χ2v) is 4.59. The maximum Gasteiger partial charge on any atom is 0.0954 e. The third-order valence-corrected chi connectivity index (χ3v) is 3.75. The van der Waals surface area contributed by atoms with Crippen molar-refractivity contribution in [3.05, 3.63) is 17.7 Å². The highest BCUT2D eigenvalue weighted by atomic mass is 15.1. The van der Waals surface area contributed by atoms with Crippen LogP contribution in [0.2, 0.25) is 0 Å². The van der Waals surface area contributed by atoms with Gasteiger partial charge in [0.1, 0.15) is 0 Å². The summed E-state index contributed by atoms with van der Waals surface area (Å²) in [5, 5.41) is 3.36. The monoisotopic (exact) mass is 191 g/mol. The summed E-state index contributed by atoms with van der Waals surface area (Å²) in [5.41, 5.74) is 2.76. The highest BCUT2D eigenvalue weighted by Crippen LogP contribution is 2.39. The Kier molecular flexibility index (Phi) is 1.87. The van der Waals surface area contributed by atoms with Gasteiger partial charge in [0, 0.05) is 31.2 Å². The molecule has 1 aliphatic carbocycles. The molecule has 3 heteroatoms. The Morgan fingerprint density at radius 3 is 3.14 bits per heavy atom. The minimum atomic E-state index is 0.740. The summed E-state index contributed by atoms with van der Waals surface area (Å²) in [7, 11) is 0. The highest BCUT2D eigenvalue weighted by Gasteiger charge is 2.30. The van der Waals surface area contributed by atoms with Crippen molar-refractivity contribution in [1.82, 2.24) is 14.9 Å². The zero-order chi connectivity index (χ0) is 9.54. The largest absolute Gasteiger partial charge is 0.331 e. The molecule has 0 aromatic carbocycles. The van der Waals surface area contributed by atoms with Crippen LogP contribution < -0.4 is 5.32 Å². The normalized spacial score (nSPS) is 30.9. The first-order chi connectivity index (χ1) is 6.86. The zero-order valence-corrected chi connectivity index (χ0v) is 8.66. The van der Waals surface area contributed by atoms with Gasteiger partial charge in [-0.15, -0.1) is 0 Å². The summed E-state index contributed by atoms with van der Waals surface area (Å²) in [4.78, 5) is 4.49. The van der Waals surface area contributed by atoms with Crippen LogP contribution in [-0.4, -0.2) is 16.1 Å². The fourth-order valence-corrected chi connectivity index (χ4v) is 2.61. The number of aromatic nitrogens is 2. The van der Waals surface area contributed by atoms with Gasteiger partial charge in [0.2, 0.25) is 0 Å². The summed E-state index contributed by atoms with van der Waals surface area (Å²) in [6.07, 6.45) is 5.93. The van der Waals surface area contributed by atoms with Crippen LogP contribution in [0.15, 0.2) is 6.33 Å². The van der Waals surface area contributed by atoms with Crippen molar-refractivity contribution >= 4 is 0 Å². The first kappa shape index (κ1) is 8.48. The maximum atomic E-state index is 4.49. The van der Waals surface area contributed by atoms with Crippen LogP contribution in [0, 0.1) is 5.92 Å². The summed E-state index contributed by atoms with van der Waals surface area (Å²) in [6, 6.07) is 0.740. The Hall–Kier alpha value is -0.830. The molecule has 14 heavy (non-hydrogen) atoms. The standard InChI is InChI=1S/C11H17N3/c1-8-2-3-10(8)14-7-13-9-6-12-5-4-11(9)14/h7-8,10,12H,2-6H2,1H3. The molecule has 3 nitrogen and oxygen atoms in total. The van der Waals surface area contributed by atoms with Gasteiger partial charge >= 0.3 is 0 Å². The second-order valence-electron chi connectivity index (χ2n) is 4.59. The van der Waals surface area contributed by atoms with Gasteiger partial charge in [-0.05, 0) is 18.8 Å². The number of nitrogens with zero attached hydrogens (tertiary/aromatic N) is 2. The first-order valence-corrected chi connectivity index (χ1v) is 5.61. The summed E-state index contributed by atoms with van der Waals surface area (Å²) < 4.78 is 2.43. The van der Waals surface area contributed by atoms with E-state index in [9.17, 15) is 0 Å². The van der Waals surface area contributed by atoms with Crippen LogP contribution in [0.1, 0.15) is 37.2 Å². The Morgan fingerprint density at radius 2 is 2.43 bits per heavy atom. The van der Waals surface area contributed by atoms with Crippen molar-refractivity contribution in [3.63, 3.8) is 0 Å². The quantitative estimate of drug-likeness (QED) is 0.729. The highest BCUT2D eigenvalue weighted by molar-refractivity contribution is 5.18. The lowest BCUT2D eigenvalue weighted by molar-refractivity contribution is 0.197. The van der Waals surface area contributed by atoms with Gasteiger partial charge in [0.05, 0.1) is 12.0 Å². The van der Waals surface area contributed by atoms with Gasteiger partial charge in [0.25, 0.3) is 0 Å². The second kappa shape index (κ2) is 3.09. The topological polar surface area (TPSA) is 29.9 Å². The number of fused-ring (bicyclic) bond motifs is 1. The van der Waals surface area contributed by atoms with Crippen molar-refractivity contribution < 1.29 is 0 Å². The lowest BCUT2D eigenvalue weighted by atomic mass is 9.81. The molecule has 1 aliphatic heterocycles. The molecule has 76 valence electrons. The van der Waals surface area contributed by atoms with Gasteiger partial charge in [-0.25, -0.2) is 4.98 Å². The molecule has 0 bridgehead atoms. The molecular weight excluding hydrogens is 174 g/mol. The molecule has 1 N–H and O–H groups in total. The number of rotatable bonds is 1. The summed E-state index contributed by atoms with van der Waals surface area (Å²) in [5.74, 6) is 0.850. The van der Waals surface area contributed by atoms with E-state index in [1.165, 1.54) is 24.2 Å². The first-order valence-electron chi connectivity index (χ1n) is 5.61. The fourth-order valence-electron chi connectivity index (χ4n) is 2.61. The van der Waals surface area contributed by atoms with Gasteiger partial charge < -0.3 is 9.88 Å². The number of hydrogen-bond donors (Lipinski definition) is 1. The van der Waals surface area contributed by atoms with Crippen molar-refractivity contribution in [2.24, 2.45) is 5.92 Å². The molecular formula is C11H17N3. The smallest absolute Gasteiger partial charge is 0.0954 e. The van der Waals surface area contributed by atoms with E-state index in [0.29, 0.717) is 0 Å². The SMILES string of the molecule is CC1CCC1n1cnc2c1CCNC2. The minimum absolute atomic E-state index is 0.740. The van der Waals surface area contributed by atoms with Crippen molar-refractivity contribution in [2.75, 3.05) is 6.54 Å². The van der Waals surface area contributed by atoms with E-state index in [0.717, 1.165) is 31.5 Å². The zero-order valence-electron chi connectivity index (χ0n) is 8.66. The fraction of sp³-hybridized carbons (Fsp3) is 0.727. The molecule has 3 rings (SSSR count). The molecule has 1 aromatic rings. The van der Waals surface area contributed by atoms with E-state index < -0.39 is 0 Å². The van der Waals surface area contributed by atoms with Crippen molar-refractivity contribution in [3.8, 4) is 0 Å². The van der Waals surface area contributed by atoms with E-state index in [1.54, 1.807) is 0 Å². The molecule has 2 aliphatic rings. The Balaban J connectivity index is 1.94. The van der Waals surface area contributed by atoms with Crippen LogP contribution in [-0.2, 0) is 13.0 Å². The Bertz CT molecular complexity index is 342. The van der Waals surface area contributed by atoms with Crippen LogP contribution >= 0.6 is 0 Å². The number of nitrogens with one attached hydrogen (secondary N) is 1. The van der Waals surface area contributed by atoms with E-state index in [-0.39, 0.29) is 0 Å². The van der Waals surface area contributed by atoms with E-state index in [2.05, 4.69) is 28.1 Å². The summed E-state index contributed by atoms with van der Waals surface area (Å²) >= 11 is 0. The van der Waals surface area contributed by atoms with Crippen LogP contribution in [0.5, 0.6) is 0 Å². The van der Waals surface area contributed by atoms with E-state index in [1.807, 2.05) is 0 Å². The molecule has 0 amide bonds. The van der Waals surface area contributed by atoms with E-state index in [4.69, 9.17) is 0 Å². The Morgan fingerprint density at radius 1 is 1.50 bits per heavy atom. The number of imidazole rings is 1. The summed E-state index contributed by atoms with van der Waals surface area (Å²) in [6.45, 7) is 4.42. The lowest BCUT2D eigenvalue weighted by Gasteiger charge is -2.36. The third-order valence-electron chi connectivity index (χ3n) is 3.75. The van der Waals surface area contributed by atoms with Gasteiger partial charge in [-0.2, -0.15) is 0 Å². The maximum absolute atomic E-state index is 4.49. The van der Waals surface area contributed by atoms with Gasteiger partial charge in [0.15, 0.2) is 0 Å². The van der Waals surface area contributed by atoms with Gasteiger partial charge in [-0.3, -0.25) is 0 Å². The number of hydrogen-bond acceptors (Lipinski definition) is 2. The molecule has 1 aromatic heterocycles. The van der Waals surface area contributed by atoms with Crippen LogP contribution in [0.25, 0.3) is 0 Å². The molecule has 0 spiro atoms. The average Bonchev–Trinajstić information content (AvgIpc) is 2.60. The molecule has 1 fully saturated rings. The third kappa shape index (κ3) is 1.12. The van der Waals surface area contributed by atoms with Gasteiger partial charge in [-0.1, -0.05) is 6.92 Å². The molecule has 2 atom stereocenters. The molecule has 0 saturated heterocycles. The molecule has 0 radical (unpaired) electrons. The molecule has 2 unspecified atom stereocenters. The van der Waals surface area contributed by atoms with E-state index >= 15 is 0 Å². The molecule has 2 heterocycles. The predicted molar refractivity (Wildman–Crippen MR) is 55.1 cm³/mol. The van der Waals surface area contributed by atoms with Crippen LogP contribution in [0.4, 0.5) is 0 Å². The van der Waals surface area contributed by atoms with Crippen LogP contribution in [0.3, 0.4) is 0 Å². The Labute approximate surface area is 84.5 Å². The average molecular weight is 191 g/mol. The minimum Gasteiger partial charge on any atom is -0.331 e. The lowest BCUT2D eigenvalue weighted by Crippen LogP contribution is -2.30. The predicted octanol–water partition coefficient (Wildman–Crippen LogP) is 1.50. The molecule has 1 saturated carbocycles. The van der Waals surface area contributed by atoms with Crippen molar-refractivity contribution in [2.45, 2.75) is 38.8 Å². The van der Waals surface area contributed by atoms with Crippen molar-refractivity contribution in [1.29, 1.82) is 0 Å².